The van der Waals surface area contributed by atoms with E-state index in [0.29, 0.717) is 5.56 Å². The second kappa shape index (κ2) is 10.3. The largest absolute Gasteiger partial charge is 0.450 e. The third kappa shape index (κ3) is 5.04. The Labute approximate surface area is 193 Å². The van der Waals surface area contributed by atoms with E-state index in [1.54, 1.807) is 30.3 Å². The third-order valence-corrected chi connectivity index (χ3v) is 5.76. The molecule has 0 spiro atoms. The van der Waals surface area contributed by atoms with Gasteiger partial charge in [0.25, 0.3) is 0 Å². The lowest BCUT2D eigenvalue weighted by atomic mass is 9.98. The molecule has 33 heavy (non-hydrogen) atoms. The first-order valence-electron chi connectivity index (χ1n) is 10.4. The number of carbonyl (C=O) groups is 3. The number of benzene rings is 3. The van der Waals surface area contributed by atoms with Gasteiger partial charge in [-0.1, -0.05) is 78.9 Å². The number of amides is 2. The average Bonchev–Trinajstić information content (AvgIpc) is 3.18. The van der Waals surface area contributed by atoms with E-state index in [2.05, 4.69) is 22.8 Å². The molecule has 1 aliphatic carbocycles. The number of ether oxygens (including phenoxy) is 1. The van der Waals surface area contributed by atoms with E-state index in [1.165, 1.54) is 0 Å². The first-order valence-corrected chi connectivity index (χ1v) is 10.9. The second-order valence-electron chi connectivity index (χ2n) is 7.53. The molecule has 0 saturated heterocycles. The molecular formula is C25H23N2O5P. The summed E-state index contributed by atoms with van der Waals surface area (Å²) in [5.41, 5.74) is 5.04. The molecule has 0 bridgehead atoms. The smallest absolute Gasteiger partial charge is 0.407 e. The van der Waals surface area contributed by atoms with Crippen LogP contribution < -0.4 is 10.6 Å². The van der Waals surface area contributed by atoms with Crippen molar-refractivity contribution in [1.29, 1.82) is 0 Å². The van der Waals surface area contributed by atoms with E-state index >= 15 is 0 Å². The van der Waals surface area contributed by atoms with Gasteiger partial charge in [-0.05, 0) is 27.8 Å². The van der Waals surface area contributed by atoms with Gasteiger partial charge < -0.3 is 19.9 Å². The van der Waals surface area contributed by atoms with Crippen molar-refractivity contribution in [2.24, 2.45) is 0 Å². The van der Waals surface area contributed by atoms with Crippen LogP contribution in [0.2, 0.25) is 0 Å². The lowest BCUT2D eigenvalue weighted by Crippen LogP contribution is -2.41. The average molecular weight is 462 g/mol. The highest BCUT2D eigenvalue weighted by atomic mass is 31.0. The normalized spacial score (nSPS) is 12.8. The van der Waals surface area contributed by atoms with Crippen molar-refractivity contribution in [3.63, 3.8) is 0 Å². The molecule has 4 rings (SSSR count). The van der Waals surface area contributed by atoms with E-state index < -0.39 is 24.0 Å². The molecule has 168 valence electrons. The van der Waals surface area contributed by atoms with Crippen LogP contribution in [0.4, 0.5) is 4.79 Å². The van der Waals surface area contributed by atoms with Gasteiger partial charge >= 0.3 is 12.1 Å². The summed E-state index contributed by atoms with van der Waals surface area (Å²) < 4.78 is 10.1. The zero-order valence-corrected chi connectivity index (χ0v) is 18.8. The van der Waals surface area contributed by atoms with Gasteiger partial charge in [0.1, 0.15) is 13.2 Å². The van der Waals surface area contributed by atoms with Crippen LogP contribution in [0.5, 0.6) is 0 Å². The van der Waals surface area contributed by atoms with Crippen molar-refractivity contribution in [1.82, 2.24) is 10.6 Å². The minimum atomic E-state index is -0.986. The summed E-state index contributed by atoms with van der Waals surface area (Å²) in [4.78, 5) is 36.7. The maximum absolute atomic E-state index is 12.3. The highest BCUT2D eigenvalue weighted by Gasteiger charge is 2.29. The fraction of sp³-hybridized carbons (Fsp3) is 0.160. The Hall–Kier alpha value is -3.70. The molecule has 3 aromatic carbocycles. The number of alkyl carbamates (subject to hydrolysis) is 1. The first kappa shape index (κ1) is 22.5. The van der Waals surface area contributed by atoms with Crippen molar-refractivity contribution in [3.05, 3.63) is 95.6 Å². The maximum atomic E-state index is 12.3. The van der Waals surface area contributed by atoms with Gasteiger partial charge in [0.2, 0.25) is 5.91 Å². The van der Waals surface area contributed by atoms with Gasteiger partial charge in [0.15, 0.2) is 6.04 Å². The summed E-state index contributed by atoms with van der Waals surface area (Å²) in [5, 5.41) is 5.00. The number of hydrogen-bond donors (Lipinski definition) is 2. The molecule has 8 heteroatoms. The maximum Gasteiger partial charge on any atom is 0.407 e. The predicted octanol–water partition coefficient (Wildman–Crippen LogP) is 3.72. The van der Waals surface area contributed by atoms with E-state index in [-0.39, 0.29) is 19.1 Å². The molecule has 2 N–H and O–H groups in total. The Balaban J connectivity index is 1.33. The summed E-state index contributed by atoms with van der Waals surface area (Å²) in [6.45, 7) is -0.197. The molecule has 2 amide bonds. The van der Waals surface area contributed by atoms with Crippen molar-refractivity contribution in [2.75, 3.05) is 13.2 Å². The molecule has 0 saturated carbocycles. The van der Waals surface area contributed by atoms with Crippen LogP contribution in [-0.4, -0.2) is 31.1 Å². The highest BCUT2D eigenvalue weighted by molar-refractivity contribution is 7.10. The topological polar surface area (TPSA) is 93.7 Å². The Morgan fingerprint density at radius 1 is 0.848 bits per heavy atom. The second-order valence-corrected chi connectivity index (χ2v) is 7.76. The van der Waals surface area contributed by atoms with Gasteiger partial charge in [0, 0.05) is 5.92 Å². The number of rotatable bonds is 7. The van der Waals surface area contributed by atoms with Crippen LogP contribution in [0.1, 0.15) is 28.7 Å². The van der Waals surface area contributed by atoms with Crippen LogP contribution in [0, 0.1) is 0 Å². The fourth-order valence-corrected chi connectivity index (χ4v) is 4.14. The van der Waals surface area contributed by atoms with E-state index in [9.17, 15) is 14.4 Å². The molecule has 3 aromatic rings. The minimum Gasteiger partial charge on any atom is -0.450 e. The predicted molar refractivity (Wildman–Crippen MR) is 126 cm³/mol. The summed E-state index contributed by atoms with van der Waals surface area (Å²) >= 11 is 0. The number of fused-ring (bicyclic) bond motifs is 3. The number of nitrogens with one attached hydrogen (secondary N) is 2. The first-order chi connectivity index (χ1) is 16.1. The Kier molecular flexibility index (Phi) is 7.01. The van der Waals surface area contributed by atoms with Crippen molar-refractivity contribution < 1.29 is 23.6 Å². The molecule has 7 nitrogen and oxygen atoms in total. The van der Waals surface area contributed by atoms with Gasteiger partial charge in [-0.15, -0.1) is 0 Å². The van der Waals surface area contributed by atoms with Crippen molar-refractivity contribution in [3.8, 4) is 11.1 Å². The number of hydrogen-bond acceptors (Lipinski definition) is 5. The fourth-order valence-electron chi connectivity index (χ4n) is 4.01. The van der Waals surface area contributed by atoms with E-state index in [0.717, 1.165) is 22.3 Å². The van der Waals surface area contributed by atoms with Crippen molar-refractivity contribution >= 4 is 27.4 Å². The summed E-state index contributed by atoms with van der Waals surface area (Å²) in [6.07, 6.45) is -0.711. The zero-order valence-electron chi connectivity index (χ0n) is 17.7. The standard InChI is InChI=1S/C25H23N2O5P/c28-22(27-23(24(29)32-33)16-8-2-1-3-9-16)14-26-25(30)31-15-21-19-12-6-4-10-17(19)18-11-5-7-13-20(18)21/h1-13,21,23H,14-15,33H2,(H,26,30)(H,27,28). The van der Waals surface area contributed by atoms with Gasteiger partial charge in [0.05, 0.1) is 9.47 Å². The Bertz CT molecular complexity index is 1120. The summed E-state index contributed by atoms with van der Waals surface area (Å²) in [5.74, 6) is -1.26. The van der Waals surface area contributed by atoms with Crippen LogP contribution >= 0.6 is 9.47 Å². The lowest BCUT2D eigenvalue weighted by molar-refractivity contribution is -0.138. The molecular weight excluding hydrogens is 439 g/mol. The van der Waals surface area contributed by atoms with Crippen LogP contribution in [0.3, 0.4) is 0 Å². The van der Waals surface area contributed by atoms with E-state index in [4.69, 9.17) is 9.26 Å². The quantitative estimate of drug-likeness (QED) is 0.522. The monoisotopic (exact) mass is 462 g/mol. The van der Waals surface area contributed by atoms with Crippen LogP contribution in [-0.2, 0) is 18.8 Å². The molecule has 2 atom stereocenters. The molecule has 0 fully saturated rings. The molecule has 0 radical (unpaired) electrons. The zero-order chi connectivity index (χ0) is 23.2. The summed E-state index contributed by atoms with van der Waals surface area (Å²) in [7, 11) is 1.87. The lowest BCUT2D eigenvalue weighted by Gasteiger charge is -2.17. The molecule has 0 aromatic heterocycles. The molecule has 2 unspecified atom stereocenters. The Morgan fingerprint density at radius 3 is 2.03 bits per heavy atom. The van der Waals surface area contributed by atoms with Crippen LogP contribution in [0.25, 0.3) is 11.1 Å². The van der Waals surface area contributed by atoms with Crippen molar-refractivity contribution in [2.45, 2.75) is 12.0 Å². The molecule has 0 aliphatic heterocycles. The van der Waals surface area contributed by atoms with Gasteiger partial charge in [-0.2, -0.15) is 0 Å². The third-order valence-electron chi connectivity index (χ3n) is 5.53. The summed E-state index contributed by atoms with van der Waals surface area (Å²) in [6, 6.07) is 23.8. The number of carbonyl (C=O) groups excluding carboxylic acids is 3. The molecule has 0 heterocycles. The van der Waals surface area contributed by atoms with Gasteiger partial charge in [-0.25, -0.2) is 9.59 Å². The van der Waals surface area contributed by atoms with E-state index in [1.807, 2.05) is 45.9 Å². The SMILES string of the molecule is O=C(CNC(=O)OCC1c2ccccc2-c2ccccc21)NC(C(=O)OP)c1ccccc1. The van der Waals surface area contributed by atoms with Crippen LogP contribution in [0.15, 0.2) is 78.9 Å². The molecule has 1 aliphatic rings. The minimum absolute atomic E-state index is 0.0729. The van der Waals surface area contributed by atoms with Gasteiger partial charge in [-0.3, -0.25) is 4.79 Å². The highest BCUT2D eigenvalue weighted by Crippen LogP contribution is 2.44. The Morgan fingerprint density at radius 2 is 1.42 bits per heavy atom.